The molecule has 0 amide bonds. The fourth-order valence-electron chi connectivity index (χ4n) is 5.88. The summed E-state index contributed by atoms with van der Waals surface area (Å²) in [6.07, 6.45) is -1.43. The van der Waals surface area contributed by atoms with Crippen molar-refractivity contribution in [3.05, 3.63) is 70.8 Å². The van der Waals surface area contributed by atoms with Crippen molar-refractivity contribution in [3.8, 4) is 0 Å². The van der Waals surface area contributed by atoms with E-state index in [-0.39, 0.29) is 51.8 Å². The number of benzene rings is 2. The molecule has 0 bridgehead atoms. The number of hydrogen-bond donors (Lipinski definition) is 8. The molecule has 8 N–H and O–H groups in total. The second-order valence-corrected chi connectivity index (χ2v) is 9.42. The minimum absolute atomic E-state index is 0. The van der Waals surface area contributed by atoms with Gasteiger partial charge in [0, 0.05) is 42.4 Å². The largest absolute Gasteiger partial charge is 0.480 e. The fourth-order valence-corrected chi connectivity index (χ4v) is 5.88. The molecule has 0 atom stereocenters. The quantitative estimate of drug-likeness (QED) is 0.134. The van der Waals surface area contributed by atoms with Crippen LogP contribution in [0.15, 0.2) is 48.5 Å². The van der Waals surface area contributed by atoms with E-state index in [4.69, 9.17) is 0 Å². The molecule has 2 aliphatic carbocycles. The van der Waals surface area contributed by atoms with E-state index < -0.39 is 82.3 Å². The van der Waals surface area contributed by atoms with Gasteiger partial charge in [0.05, 0.1) is 0 Å². The number of rotatable bonds is 8. The summed E-state index contributed by atoms with van der Waals surface area (Å²) in [5.41, 5.74) is -12.7. The van der Waals surface area contributed by atoms with E-state index in [9.17, 15) is 79.2 Å². The summed E-state index contributed by atoms with van der Waals surface area (Å²) in [5.74, 6) is -16.1. The second-order valence-electron chi connectivity index (χ2n) is 9.42. The summed E-state index contributed by atoms with van der Waals surface area (Å²) in [5, 5.41) is 75.0. The van der Waals surface area contributed by atoms with E-state index in [0.717, 1.165) is 12.1 Å². The van der Waals surface area contributed by atoms with Gasteiger partial charge in [-0.2, -0.15) is 0 Å². The van der Waals surface area contributed by atoms with Gasteiger partial charge in [0.1, 0.15) is 0 Å². The molecule has 0 saturated carbocycles. The smallest absolute Gasteiger partial charge is 0.327 e. The van der Waals surface area contributed by atoms with Crippen molar-refractivity contribution in [3.63, 3.8) is 0 Å². The van der Waals surface area contributed by atoms with E-state index >= 15 is 0 Å². The Morgan fingerprint density at radius 3 is 0.860 bits per heavy atom. The van der Waals surface area contributed by atoms with Crippen LogP contribution in [0.25, 0.3) is 0 Å². The predicted molar refractivity (Wildman–Crippen MR) is 135 cm³/mol. The van der Waals surface area contributed by atoms with E-state index in [1.807, 2.05) is 0 Å². The molecule has 1 radical (unpaired) electrons. The molecule has 4 rings (SSSR count). The molecule has 2 aromatic carbocycles. The average molecular weight is 611 g/mol. The molecule has 221 valence electrons. The minimum atomic E-state index is -3.08. The van der Waals surface area contributed by atoms with Crippen molar-refractivity contribution in [2.45, 2.75) is 23.7 Å². The summed E-state index contributed by atoms with van der Waals surface area (Å²) in [6, 6.07) is 10.5. The SMILES string of the molecule is O=C(O)C1(C(=O)O)Cc2ccccc2C1(C(=O)O)C(=O)O.O=C(O)C1(C(=O)O)Cc2ccccc2C1(C(=O)O)C(=O)O.[Na]. The van der Waals surface area contributed by atoms with Crippen molar-refractivity contribution in [2.24, 2.45) is 10.8 Å². The first-order valence-electron chi connectivity index (χ1n) is 11.5. The third-order valence-electron chi connectivity index (χ3n) is 7.78. The van der Waals surface area contributed by atoms with Crippen LogP contribution in [0.5, 0.6) is 0 Å². The molecule has 0 fully saturated rings. The van der Waals surface area contributed by atoms with Gasteiger partial charge in [-0.05, 0) is 22.3 Å². The van der Waals surface area contributed by atoms with Gasteiger partial charge in [0.15, 0.2) is 10.8 Å². The Labute approximate surface area is 261 Å². The Balaban J connectivity index is 0.000000293. The van der Waals surface area contributed by atoms with Gasteiger partial charge in [-0.25, -0.2) is 0 Å². The number of hydrogen-bond acceptors (Lipinski definition) is 8. The van der Waals surface area contributed by atoms with E-state index in [1.54, 1.807) is 0 Å². The average Bonchev–Trinajstić information content (AvgIpc) is 3.40. The number of aliphatic carboxylic acids is 8. The van der Waals surface area contributed by atoms with Crippen LogP contribution in [0.1, 0.15) is 22.3 Å². The molecule has 17 heteroatoms. The third kappa shape index (κ3) is 4.16. The first-order valence-corrected chi connectivity index (χ1v) is 11.5. The molecule has 0 spiro atoms. The van der Waals surface area contributed by atoms with Crippen LogP contribution in [0.2, 0.25) is 0 Å². The van der Waals surface area contributed by atoms with E-state index in [2.05, 4.69) is 0 Å². The van der Waals surface area contributed by atoms with Gasteiger partial charge >= 0.3 is 47.8 Å². The molecule has 2 aliphatic rings. The molecule has 43 heavy (non-hydrogen) atoms. The first-order chi connectivity index (χ1) is 19.4. The van der Waals surface area contributed by atoms with Gasteiger partial charge in [-0.15, -0.1) is 0 Å². The van der Waals surface area contributed by atoms with Crippen molar-refractivity contribution in [2.75, 3.05) is 0 Å². The number of carbonyl (C=O) groups is 8. The molecular weight excluding hydrogens is 591 g/mol. The minimum Gasteiger partial charge on any atom is -0.480 e. The van der Waals surface area contributed by atoms with Gasteiger partial charge in [-0.3, -0.25) is 38.4 Å². The second kappa shape index (κ2) is 11.5. The molecular formula is C26H20NaO16. The Morgan fingerprint density at radius 1 is 0.419 bits per heavy atom. The predicted octanol–water partition coefficient (Wildman–Crippen LogP) is -0.770. The fraction of sp³-hybridized carbons (Fsp3) is 0.231. The molecule has 0 aliphatic heterocycles. The van der Waals surface area contributed by atoms with Crippen molar-refractivity contribution in [1.29, 1.82) is 0 Å². The number of carboxylic acid groups (broad SMARTS) is 8. The molecule has 0 aromatic heterocycles. The maximum atomic E-state index is 11.6. The number of fused-ring (bicyclic) bond motifs is 2. The zero-order valence-electron chi connectivity index (χ0n) is 21.9. The standard InChI is InChI=1S/2C13H10O8.Na/c2*14-8(15)12(9(16)17)5-6-3-1-2-4-7(6)13(12,10(18)19)11(20)21;/h2*1-4H,5H2,(H,14,15)(H,16,17)(H,18,19)(H,20,21);. The van der Waals surface area contributed by atoms with Crippen LogP contribution in [0.4, 0.5) is 0 Å². The van der Waals surface area contributed by atoms with Gasteiger partial charge in [-0.1, -0.05) is 48.5 Å². The van der Waals surface area contributed by atoms with Crippen LogP contribution in [0, 0.1) is 10.8 Å². The van der Waals surface area contributed by atoms with Crippen molar-refractivity contribution in [1.82, 2.24) is 0 Å². The number of carboxylic acids is 8. The Hall–Kier alpha value is -4.80. The third-order valence-corrected chi connectivity index (χ3v) is 7.78. The van der Waals surface area contributed by atoms with Crippen LogP contribution < -0.4 is 0 Å². The molecule has 0 unspecified atom stereocenters. The Bertz CT molecular complexity index is 1420. The van der Waals surface area contributed by atoms with E-state index in [0.29, 0.717) is 0 Å². The van der Waals surface area contributed by atoms with E-state index in [1.165, 1.54) is 36.4 Å². The zero-order valence-corrected chi connectivity index (χ0v) is 23.9. The Kier molecular flexibility index (Phi) is 9.17. The molecule has 2 aromatic rings. The first kappa shape index (κ1) is 34.4. The van der Waals surface area contributed by atoms with Gasteiger partial charge in [0.2, 0.25) is 10.8 Å². The topological polar surface area (TPSA) is 298 Å². The van der Waals surface area contributed by atoms with Crippen molar-refractivity contribution < 1.29 is 79.2 Å². The molecule has 0 saturated heterocycles. The summed E-state index contributed by atoms with van der Waals surface area (Å²) >= 11 is 0. The summed E-state index contributed by atoms with van der Waals surface area (Å²) in [4.78, 5) is 92.8. The van der Waals surface area contributed by atoms with Crippen LogP contribution >= 0.6 is 0 Å². The molecule has 16 nitrogen and oxygen atoms in total. The summed E-state index contributed by atoms with van der Waals surface area (Å²) in [6.45, 7) is 0. The summed E-state index contributed by atoms with van der Waals surface area (Å²) < 4.78 is 0. The van der Waals surface area contributed by atoms with Crippen LogP contribution in [-0.2, 0) is 62.0 Å². The van der Waals surface area contributed by atoms with Crippen LogP contribution in [-0.4, -0.2) is 118 Å². The summed E-state index contributed by atoms with van der Waals surface area (Å²) in [7, 11) is 0. The van der Waals surface area contributed by atoms with Gasteiger partial charge in [0.25, 0.3) is 0 Å². The van der Waals surface area contributed by atoms with Crippen LogP contribution in [0.3, 0.4) is 0 Å². The Morgan fingerprint density at radius 2 is 0.651 bits per heavy atom. The maximum absolute atomic E-state index is 11.6. The van der Waals surface area contributed by atoms with Gasteiger partial charge < -0.3 is 40.9 Å². The molecule has 0 heterocycles. The monoisotopic (exact) mass is 611 g/mol. The van der Waals surface area contributed by atoms with Crippen molar-refractivity contribution >= 4 is 77.3 Å². The normalized spacial score (nSPS) is 17.3. The zero-order chi connectivity index (χ0) is 32.0. The maximum Gasteiger partial charge on any atom is 0.327 e.